The van der Waals surface area contributed by atoms with Crippen molar-refractivity contribution in [1.29, 1.82) is 0 Å². The van der Waals surface area contributed by atoms with Gasteiger partial charge in [-0.2, -0.15) is 0 Å². The molecule has 0 fully saturated rings. The predicted molar refractivity (Wildman–Crippen MR) is 245 cm³/mol. The summed E-state index contributed by atoms with van der Waals surface area (Å²) in [6.07, 6.45) is 0. The predicted octanol–water partition coefficient (Wildman–Crippen LogP) is 14.5. The number of hydrogen-bond acceptors (Lipinski definition) is 4. The van der Waals surface area contributed by atoms with Crippen molar-refractivity contribution in [3.63, 3.8) is 0 Å². The highest BCUT2D eigenvalue weighted by atomic mass is 32.2. The quantitative estimate of drug-likeness (QED) is 0.158. The molecule has 0 unspecified atom stereocenters. The van der Waals surface area contributed by atoms with Gasteiger partial charge in [-0.3, -0.25) is 4.79 Å². The Morgan fingerprint density at radius 3 is 0.895 bits per heavy atom. The average molecular weight is 787 g/mol. The monoisotopic (exact) mass is 786 g/mol. The van der Waals surface area contributed by atoms with Crippen LogP contribution in [0.25, 0.3) is 0 Å². The van der Waals surface area contributed by atoms with E-state index in [1.54, 1.807) is 24.3 Å². The first-order valence-electron chi connectivity index (χ1n) is 18.3. The molecule has 0 aliphatic carbocycles. The molecule has 0 radical (unpaired) electrons. The van der Waals surface area contributed by atoms with Gasteiger partial charge in [0.15, 0.2) is 5.78 Å². The Bertz CT molecular complexity index is 2260. The Labute approximate surface area is 345 Å². The molecule has 0 bridgehead atoms. The van der Waals surface area contributed by atoms with Gasteiger partial charge in [0.1, 0.15) is 11.5 Å². The summed E-state index contributed by atoms with van der Waals surface area (Å²) in [7, 11) is -3.42. The van der Waals surface area contributed by atoms with Crippen LogP contribution >= 0.6 is 0 Å². The fourth-order valence-corrected chi connectivity index (χ4v) is 6.95. The number of ketones is 1. The summed E-state index contributed by atoms with van der Waals surface area (Å²) in [6.45, 7) is 24.4. The average Bonchev–Trinajstić information content (AvgIpc) is 3.13. The molecular weight excluding hydrogens is 721 g/mol. The Hall–Kier alpha value is -5.26. The Morgan fingerprint density at radius 2 is 0.614 bits per heavy atom. The van der Waals surface area contributed by atoms with E-state index in [1.165, 1.54) is 33.4 Å². The topological polar surface area (TPSA) is 60.4 Å². The normalized spacial score (nSPS) is 10.2. The van der Waals surface area contributed by atoms with Gasteiger partial charge >= 0.3 is 0 Å². The lowest BCUT2D eigenvalue weighted by atomic mass is 9.97. The fraction of sp³-hybridized carbons (Fsp3) is 0.288. The molecule has 0 atom stereocenters. The standard InChI is InChI=1S/C17H18O.C16H18O2S.C16H18O.3CH4/c1-11-5-7-15(9-13(11)3)17(18)16-8-6-12(2)14(4)10-16;1-11-5-7-15(9-13(11)3)19(17,18)16-8-6-12(2)14(4)10-16;1-11-5-7-15(9-13(11)3)17-16-8-6-12(2)14(4)10-16;;;/h5-10H,1-4H3;5-10H,1-4H3;5-10H,1-4H3;3*1H4. The number of hydrogen-bond donors (Lipinski definition) is 0. The maximum Gasteiger partial charge on any atom is 0.206 e. The van der Waals surface area contributed by atoms with Crippen LogP contribution in [0, 0.1) is 83.1 Å². The second-order valence-electron chi connectivity index (χ2n) is 14.5. The smallest absolute Gasteiger partial charge is 0.206 e. The molecule has 0 saturated carbocycles. The molecule has 6 rings (SSSR count). The summed E-state index contributed by atoms with van der Waals surface area (Å²) in [4.78, 5) is 13.1. The number of carbonyl (C=O) groups is 1. The molecule has 0 amide bonds. The zero-order valence-corrected chi connectivity index (χ0v) is 34.8. The zero-order valence-electron chi connectivity index (χ0n) is 33.9. The molecule has 0 aliphatic heterocycles. The van der Waals surface area contributed by atoms with Crippen molar-refractivity contribution in [3.8, 4) is 11.5 Å². The SMILES string of the molecule is C.C.C.Cc1ccc(C(=O)c2ccc(C)c(C)c2)cc1C.Cc1ccc(Oc2ccc(C)c(C)c2)cc1C.Cc1ccc(S(=O)(=O)c2ccc(C)c(C)c2)cc1C. The van der Waals surface area contributed by atoms with Gasteiger partial charge < -0.3 is 4.74 Å². The largest absolute Gasteiger partial charge is 0.457 e. The van der Waals surface area contributed by atoms with Crippen LogP contribution in [0.2, 0.25) is 0 Å². The van der Waals surface area contributed by atoms with Gasteiger partial charge in [-0.05, 0) is 211 Å². The number of carbonyl (C=O) groups excluding carboxylic acids is 1. The van der Waals surface area contributed by atoms with E-state index in [0.29, 0.717) is 9.79 Å². The number of rotatable bonds is 6. The minimum atomic E-state index is -3.42. The van der Waals surface area contributed by atoms with Crippen LogP contribution in [0.3, 0.4) is 0 Å². The molecule has 5 heteroatoms. The maximum atomic E-state index is 12.6. The van der Waals surface area contributed by atoms with Gasteiger partial charge in [0.25, 0.3) is 0 Å². The third-order valence-corrected chi connectivity index (χ3v) is 12.1. The number of ether oxygens (including phenoxy) is 1. The van der Waals surface area contributed by atoms with Gasteiger partial charge in [0, 0.05) is 11.1 Å². The van der Waals surface area contributed by atoms with E-state index >= 15 is 0 Å². The number of sulfone groups is 1. The van der Waals surface area contributed by atoms with E-state index in [-0.39, 0.29) is 28.1 Å². The summed E-state index contributed by atoms with van der Waals surface area (Å²) in [5.41, 5.74) is 15.5. The second kappa shape index (κ2) is 21.3. The van der Waals surface area contributed by atoms with Gasteiger partial charge in [0.05, 0.1) is 9.79 Å². The minimum Gasteiger partial charge on any atom is -0.457 e. The number of benzene rings is 6. The third kappa shape index (κ3) is 12.9. The molecule has 6 aromatic carbocycles. The van der Waals surface area contributed by atoms with Crippen molar-refractivity contribution in [2.45, 2.75) is 115 Å². The summed E-state index contributed by atoms with van der Waals surface area (Å²) >= 11 is 0. The van der Waals surface area contributed by atoms with Crippen LogP contribution in [0.1, 0.15) is 105 Å². The summed E-state index contributed by atoms with van der Waals surface area (Å²) in [5.74, 6) is 1.90. The Kier molecular flexibility index (Phi) is 18.6. The van der Waals surface area contributed by atoms with Crippen LogP contribution in [0.15, 0.2) is 119 Å². The molecule has 4 nitrogen and oxygen atoms in total. The van der Waals surface area contributed by atoms with Crippen molar-refractivity contribution in [2.75, 3.05) is 0 Å². The Morgan fingerprint density at radius 1 is 0.351 bits per heavy atom. The first-order chi connectivity index (χ1) is 25.4. The molecule has 0 heterocycles. The first-order valence-corrected chi connectivity index (χ1v) is 19.8. The van der Waals surface area contributed by atoms with E-state index in [2.05, 4.69) is 65.8 Å². The minimum absolute atomic E-state index is 0. The highest BCUT2D eigenvalue weighted by Gasteiger charge is 2.18. The molecule has 57 heavy (non-hydrogen) atoms. The van der Waals surface area contributed by atoms with E-state index in [9.17, 15) is 13.2 Å². The van der Waals surface area contributed by atoms with E-state index in [0.717, 1.165) is 56.0 Å². The highest BCUT2D eigenvalue weighted by Crippen LogP contribution is 2.26. The third-order valence-electron chi connectivity index (χ3n) is 10.3. The molecule has 0 N–H and O–H groups in total. The van der Waals surface area contributed by atoms with E-state index < -0.39 is 9.84 Å². The van der Waals surface area contributed by atoms with Crippen LogP contribution in [0.5, 0.6) is 11.5 Å². The molecule has 0 aromatic heterocycles. The summed E-state index contributed by atoms with van der Waals surface area (Å²) in [6, 6.07) is 34.6. The Balaban J connectivity index is 0.000000417. The van der Waals surface area contributed by atoms with E-state index in [4.69, 9.17) is 4.74 Å². The van der Waals surface area contributed by atoms with Crippen molar-refractivity contribution in [2.24, 2.45) is 0 Å². The fourth-order valence-electron chi connectivity index (χ4n) is 5.52. The van der Waals surface area contributed by atoms with Gasteiger partial charge in [0.2, 0.25) is 9.84 Å². The van der Waals surface area contributed by atoms with Crippen molar-refractivity contribution >= 4 is 15.6 Å². The summed E-state index contributed by atoms with van der Waals surface area (Å²) < 4.78 is 31.0. The van der Waals surface area contributed by atoms with Crippen LogP contribution in [-0.4, -0.2) is 14.2 Å². The number of aryl methyl sites for hydroxylation is 12. The van der Waals surface area contributed by atoms with Crippen LogP contribution in [0.4, 0.5) is 0 Å². The van der Waals surface area contributed by atoms with Crippen molar-refractivity contribution in [1.82, 2.24) is 0 Å². The van der Waals surface area contributed by atoms with E-state index in [1.807, 2.05) is 102 Å². The summed E-state index contributed by atoms with van der Waals surface area (Å²) in [5, 5.41) is 0. The van der Waals surface area contributed by atoms with Crippen molar-refractivity contribution in [3.05, 3.63) is 187 Å². The molecule has 304 valence electrons. The lowest BCUT2D eigenvalue weighted by Gasteiger charge is -2.09. The molecular formula is C52H66O4S. The lowest BCUT2D eigenvalue weighted by molar-refractivity contribution is 0.103. The van der Waals surface area contributed by atoms with Crippen LogP contribution in [-0.2, 0) is 9.84 Å². The second-order valence-corrected chi connectivity index (χ2v) is 16.5. The van der Waals surface area contributed by atoms with Crippen molar-refractivity contribution < 1.29 is 17.9 Å². The highest BCUT2D eigenvalue weighted by molar-refractivity contribution is 7.91. The van der Waals surface area contributed by atoms with Gasteiger partial charge in [-0.15, -0.1) is 0 Å². The molecule has 0 aliphatic rings. The van der Waals surface area contributed by atoms with Crippen LogP contribution < -0.4 is 4.74 Å². The van der Waals surface area contributed by atoms with Gasteiger partial charge in [-0.25, -0.2) is 8.42 Å². The lowest BCUT2D eigenvalue weighted by Crippen LogP contribution is -2.03. The zero-order chi connectivity index (χ0) is 39.9. The van der Waals surface area contributed by atoms with Gasteiger partial charge in [-0.1, -0.05) is 70.8 Å². The first kappa shape index (κ1) is 49.8. The molecule has 0 spiro atoms. The maximum absolute atomic E-state index is 12.6. The molecule has 6 aromatic rings. The molecule has 0 saturated heterocycles.